The van der Waals surface area contributed by atoms with E-state index in [0.717, 1.165) is 27.7 Å². The molecule has 10 heteroatoms. The van der Waals surface area contributed by atoms with E-state index in [1.807, 2.05) is 26.0 Å². The molecule has 1 atom stereocenters. The molecule has 2 amide bonds. The van der Waals surface area contributed by atoms with E-state index >= 15 is 0 Å². The summed E-state index contributed by atoms with van der Waals surface area (Å²) in [5.41, 5.74) is 9.66. The van der Waals surface area contributed by atoms with Crippen molar-refractivity contribution < 1.29 is 9.59 Å². The first-order valence-electron chi connectivity index (χ1n) is 10.4. The topological polar surface area (TPSA) is 157 Å². The Labute approximate surface area is 183 Å². The van der Waals surface area contributed by atoms with E-state index in [4.69, 9.17) is 11.1 Å². The molecule has 3 aromatic rings. The fraction of sp³-hybridized carbons (Fsp3) is 0.318. The van der Waals surface area contributed by atoms with Gasteiger partial charge in [-0.1, -0.05) is 13.8 Å². The molecular weight excluding hydrogens is 408 g/mol. The number of rotatable bonds is 3. The van der Waals surface area contributed by atoms with Gasteiger partial charge in [-0.15, -0.1) is 0 Å². The third kappa shape index (κ3) is 2.90. The highest BCUT2D eigenvalue weighted by Crippen LogP contribution is 2.45. The maximum Gasteiger partial charge on any atom is 0.291 e. The molecule has 0 spiro atoms. The molecule has 2 aromatic heterocycles. The van der Waals surface area contributed by atoms with E-state index in [2.05, 4.69) is 25.5 Å². The predicted molar refractivity (Wildman–Crippen MR) is 119 cm³/mol. The van der Waals surface area contributed by atoms with Gasteiger partial charge in [0.15, 0.2) is 0 Å². The van der Waals surface area contributed by atoms with E-state index in [1.165, 1.54) is 12.5 Å². The van der Waals surface area contributed by atoms with Gasteiger partial charge in [0.2, 0.25) is 5.82 Å². The summed E-state index contributed by atoms with van der Waals surface area (Å²) in [4.78, 5) is 34.3. The first kappa shape index (κ1) is 20.0. The van der Waals surface area contributed by atoms with Crippen LogP contribution >= 0.6 is 0 Å². The number of allylic oxidation sites excluding steroid dienone is 1. The van der Waals surface area contributed by atoms with Crippen molar-refractivity contribution in [1.82, 2.24) is 30.4 Å². The quantitative estimate of drug-likeness (QED) is 0.423. The average Bonchev–Trinajstić information content (AvgIpc) is 3.53. The molecule has 32 heavy (non-hydrogen) atoms. The van der Waals surface area contributed by atoms with Gasteiger partial charge >= 0.3 is 0 Å². The van der Waals surface area contributed by atoms with Crippen LogP contribution in [-0.2, 0) is 5.41 Å². The fourth-order valence-corrected chi connectivity index (χ4v) is 4.83. The highest BCUT2D eigenvalue weighted by molar-refractivity contribution is 6.19. The number of nitrogens with zero attached hydrogens (tertiary/aromatic N) is 3. The molecule has 3 heterocycles. The average molecular weight is 432 g/mol. The summed E-state index contributed by atoms with van der Waals surface area (Å²) in [5, 5.41) is 18.7. The Morgan fingerprint density at radius 2 is 2.19 bits per heavy atom. The van der Waals surface area contributed by atoms with Crippen molar-refractivity contribution >= 4 is 28.4 Å². The number of aromatic amines is 2. The van der Waals surface area contributed by atoms with E-state index in [1.54, 1.807) is 11.0 Å². The molecule has 1 fully saturated rings. The maximum atomic E-state index is 13.0. The van der Waals surface area contributed by atoms with Crippen LogP contribution in [0, 0.1) is 5.41 Å². The van der Waals surface area contributed by atoms with Crippen molar-refractivity contribution in [3.8, 4) is 0 Å². The molecule has 164 valence electrons. The molecule has 10 nitrogen and oxygen atoms in total. The van der Waals surface area contributed by atoms with Crippen molar-refractivity contribution in [2.45, 2.75) is 31.7 Å². The lowest BCUT2D eigenvalue weighted by atomic mass is 9.82. The Balaban J connectivity index is 1.36. The molecule has 0 radical (unpaired) electrons. The molecule has 0 saturated carbocycles. The Hall–Kier alpha value is -3.95. The lowest BCUT2D eigenvalue weighted by molar-refractivity contribution is 0.0772. The molecule has 1 saturated heterocycles. The van der Waals surface area contributed by atoms with Crippen LogP contribution < -0.4 is 11.1 Å². The largest absolute Gasteiger partial charge is 0.404 e. The molecular formula is C22H24N8O2. The second kappa shape index (κ2) is 7.04. The first-order valence-corrected chi connectivity index (χ1v) is 10.4. The number of nitrogens with two attached hydrogens (primary N) is 1. The van der Waals surface area contributed by atoms with Gasteiger partial charge in [-0.2, -0.15) is 5.10 Å². The van der Waals surface area contributed by atoms with E-state index in [-0.39, 0.29) is 23.7 Å². The van der Waals surface area contributed by atoms with Crippen LogP contribution in [-0.4, -0.2) is 61.7 Å². The van der Waals surface area contributed by atoms with Crippen LogP contribution in [0.4, 0.5) is 0 Å². The van der Waals surface area contributed by atoms with Gasteiger partial charge < -0.3 is 20.9 Å². The Kier molecular flexibility index (Phi) is 4.40. The Morgan fingerprint density at radius 3 is 2.91 bits per heavy atom. The SMILES string of the molecule is CC1(C)/C(=C/N)C(=N)c2[nH]c3ccc(C(=O)NC4CCN(C(=O)c5ncn[nH]5)C4)cc3c21. The predicted octanol–water partition coefficient (Wildman–Crippen LogP) is 1.43. The van der Waals surface area contributed by atoms with Crippen LogP contribution in [0.3, 0.4) is 0 Å². The number of H-pyrrole nitrogens is 2. The van der Waals surface area contributed by atoms with Crippen molar-refractivity contribution in [3.05, 3.63) is 58.9 Å². The molecule has 5 rings (SSSR count). The van der Waals surface area contributed by atoms with Gasteiger partial charge in [0, 0.05) is 52.8 Å². The smallest absolute Gasteiger partial charge is 0.291 e. The summed E-state index contributed by atoms with van der Waals surface area (Å²) in [6.45, 7) is 5.02. The minimum absolute atomic E-state index is 0.140. The number of amides is 2. The molecule has 2 aliphatic rings. The van der Waals surface area contributed by atoms with Crippen LogP contribution in [0.1, 0.15) is 52.5 Å². The van der Waals surface area contributed by atoms with Crippen molar-refractivity contribution in [3.63, 3.8) is 0 Å². The molecule has 1 aliphatic heterocycles. The molecule has 1 aromatic carbocycles. The van der Waals surface area contributed by atoms with Crippen LogP contribution in [0.15, 0.2) is 36.3 Å². The van der Waals surface area contributed by atoms with Crippen LogP contribution in [0.5, 0.6) is 0 Å². The number of nitrogens with one attached hydrogen (secondary N) is 4. The molecule has 6 N–H and O–H groups in total. The third-order valence-electron chi connectivity index (χ3n) is 6.47. The van der Waals surface area contributed by atoms with Crippen molar-refractivity contribution in [1.29, 1.82) is 5.41 Å². The summed E-state index contributed by atoms with van der Waals surface area (Å²) in [6, 6.07) is 5.36. The second-order valence-electron chi connectivity index (χ2n) is 8.76. The standard InChI is InChI=1S/C22H24N8O2/c1-22(2)14(8-23)17(24)18-16(22)13-7-11(3-4-15(13)28-18)20(31)27-12-5-6-30(9-12)21(32)19-25-10-26-29-19/h3-4,7-8,10,12,24,28H,5-6,9,23H2,1-2H3,(H,27,31)(H,25,26,29)/b14-8+,24-17?. The lowest BCUT2D eigenvalue weighted by Gasteiger charge is -2.21. The number of carbonyl (C=O) groups excluding carboxylic acids is 2. The van der Waals surface area contributed by atoms with Gasteiger partial charge in [-0.25, -0.2) is 4.98 Å². The number of aromatic nitrogens is 4. The minimum atomic E-state index is -0.429. The van der Waals surface area contributed by atoms with E-state index < -0.39 is 5.41 Å². The highest BCUT2D eigenvalue weighted by Gasteiger charge is 2.41. The Morgan fingerprint density at radius 1 is 1.38 bits per heavy atom. The van der Waals surface area contributed by atoms with Gasteiger partial charge in [0.25, 0.3) is 11.8 Å². The highest BCUT2D eigenvalue weighted by atomic mass is 16.2. The molecule has 1 aliphatic carbocycles. The molecule has 1 unspecified atom stereocenters. The summed E-state index contributed by atoms with van der Waals surface area (Å²) < 4.78 is 0. The lowest BCUT2D eigenvalue weighted by Crippen LogP contribution is -2.38. The van der Waals surface area contributed by atoms with Gasteiger partial charge in [0.1, 0.15) is 6.33 Å². The number of likely N-dealkylation sites (tertiary alicyclic amines) is 1. The zero-order valence-corrected chi connectivity index (χ0v) is 17.8. The van der Waals surface area contributed by atoms with Gasteiger partial charge in [0.05, 0.1) is 11.4 Å². The number of benzene rings is 1. The van der Waals surface area contributed by atoms with Gasteiger partial charge in [-0.05, 0) is 30.2 Å². The van der Waals surface area contributed by atoms with E-state index in [9.17, 15) is 9.59 Å². The monoisotopic (exact) mass is 432 g/mol. The normalized spacial score (nSPS) is 20.8. The van der Waals surface area contributed by atoms with Crippen molar-refractivity contribution in [2.24, 2.45) is 5.73 Å². The summed E-state index contributed by atoms with van der Waals surface area (Å²) in [7, 11) is 0. The summed E-state index contributed by atoms with van der Waals surface area (Å²) >= 11 is 0. The number of hydrogen-bond donors (Lipinski definition) is 5. The fourth-order valence-electron chi connectivity index (χ4n) is 4.83. The zero-order chi connectivity index (χ0) is 22.6. The molecule has 0 bridgehead atoms. The van der Waals surface area contributed by atoms with Crippen LogP contribution in [0.25, 0.3) is 10.9 Å². The maximum absolute atomic E-state index is 13.0. The summed E-state index contributed by atoms with van der Waals surface area (Å²) in [6.07, 6.45) is 3.46. The summed E-state index contributed by atoms with van der Waals surface area (Å²) in [5.74, 6) is -0.221. The minimum Gasteiger partial charge on any atom is -0.404 e. The Bertz CT molecular complexity index is 1280. The van der Waals surface area contributed by atoms with E-state index in [0.29, 0.717) is 30.8 Å². The number of carbonyl (C=O) groups is 2. The van der Waals surface area contributed by atoms with Gasteiger partial charge in [-0.3, -0.25) is 20.1 Å². The second-order valence-corrected chi connectivity index (χ2v) is 8.76. The first-order chi connectivity index (χ1) is 15.3. The number of fused-ring (bicyclic) bond motifs is 3. The number of hydrogen-bond acceptors (Lipinski definition) is 6. The van der Waals surface area contributed by atoms with Crippen LogP contribution in [0.2, 0.25) is 0 Å². The zero-order valence-electron chi connectivity index (χ0n) is 17.8. The van der Waals surface area contributed by atoms with Crippen molar-refractivity contribution in [2.75, 3.05) is 13.1 Å². The third-order valence-corrected chi connectivity index (χ3v) is 6.47.